The number of thioether (sulfide) groups is 1. The van der Waals surface area contributed by atoms with Crippen LogP contribution in [0.25, 0.3) is 0 Å². The predicted octanol–water partition coefficient (Wildman–Crippen LogP) is 4.53. The van der Waals surface area contributed by atoms with Crippen molar-refractivity contribution in [3.63, 3.8) is 0 Å². The zero-order valence-corrected chi connectivity index (χ0v) is 19.7. The van der Waals surface area contributed by atoms with Gasteiger partial charge in [-0.1, -0.05) is 49.6 Å². The van der Waals surface area contributed by atoms with Crippen LogP contribution >= 0.6 is 11.8 Å². The van der Waals surface area contributed by atoms with Gasteiger partial charge in [-0.2, -0.15) is 0 Å². The Morgan fingerprint density at radius 1 is 0.906 bits per heavy atom. The van der Waals surface area contributed by atoms with E-state index in [0.29, 0.717) is 30.4 Å². The molecule has 2 fully saturated rings. The van der Waals surface area contributed by atoms with Gasteiger partial charge in [-0.05, 0) is 37.1 Å². The smallest absolute Gasteiger partial charge is 0.255 e. The van der Waals surface area contributed by atoms with Crippen molar-refractivity contribution < 1.29 is 9.59 Å². The number of para-hydroxylation sites is 1. The molecule has 1 aliphatic heterocycles. The predicted molar refractivity (Wildman–Crippen MR) is 131 cm³/mol. The van der Waals surface area contributed by atoms with Crippen LogP contribution in [-0.2, 0) is 4.79 Å². The van der Waals surface area contributed by atoms with Crippen molar-refractivity contribution in [1.29, 1.82) is 0 Å². The van der Waals surface area contributed by atoms with E-state index in [2.05, 4.69) is 17.0 Å². The Hall–Kier alpha value is -2.47. The van der Waals surface area contributed by atoms with Crippen molar-refractivity contribution in [2.75, 3.05) is 43.9 Å². The van der Waals surface area contributed by atoms with Crippen LogP contribution in [0.5, 0.6) is 0 Å². The molecule has 0 spiro atoms. The molecule has 0 atom stereocenters. The Bertz CT molecular complexity index is 906. The lowest BCUT2D eigenvalue weighted by atomic mass is 9.94. The largest absolute Gasteiger partial charge is 0.368 e. The number of carbonyl (C=O) groups excluding carboxylic acids is 2. The summed E-state index contributed by atoms with van der Waals surface area (Å²) in [7, 11) is 1.93. The lowest BCUT2D eigenvalue weighted by Gasteiger charge is -2.36. The molecule has 0 aromatic heterocycles. The maximum atomic E-state index is 13.3. The van der Waals surface area contributed by atoms with Crippen LogP contribution in [-0.4, -0.2) is 66.6 Å². The summed E-state index contributed by atoms with van der Waals surface area (Å²) in [6.45, 7) is 3.07. The Kier molecular flexibility index (Phi) is 7.74. The summed E-state index contributed by atoms with van der Waals surface area (Å²) in [6, 6.07) is 18.4. The zero-order valence-electron chi connectivity index (χ0n) is 18.9. The van der Waals surface area contributed by atoms with Crippen LogP contribution < -0.4 is 4.90 Å². The van der Waals surface area contributed by atoms with Gasteiger partial charge in [-0.3, -0.25) is 9.59 Å². The van der Waals surface area contributed by atoms with Crippen LogP contribution in [0.1, 0.15) is 42.5 Å². The first-order chi connectivity index (χ1) is 15.6. The highest BCUT2D eigenvalue weighted by molar-refractivity contribution is 8.00. The van der Waals surface area contributed by atoms with Gasteiger partial charge >= 0.3 is 0 Å². The van der Waals surface area contributed by atoms with E-state index in [1.807, 2.05) is 59.3 Å². The molecular formula is C26H33N3O2S. The fourth-order valence-corrected chi connectivity index (χ4v) is 5.63. The zero-order chi connectivity index (χ0) is 22.3. The van der Waals surface area contributed by atoms with Crippen molar-refractivity contribution >= 4 is 29.3 Å². The highest BCUT2D eigenvalue weighted by Crippen LogP contribution is 2.27. The number of amides is 2. The molecule has 0 N–H and O–H groups in total. The average molecular weight is 452 g/mol. The quantitative estimate of drug-likeness (QED) is 0.605. The second kappa shape index (κ2) is 10.9. The topological polar surface area (TPSA) is 43.9 Å². The van der Waals surface area contributed by atoms with E-state index < -0.39 is 0 Å². The molecule has 1 aliphatic carbocycles. The van der Waals surface area contributed by atoms with Crippen molar-refractivity contribution in [2.24, 2.45) is 0 Å². The molecule has 2 amide bonds. The molecule has 2 aliphatic rings. The lowest BCUT2D eigenvalue weighted by molar-refractivity contribution is -0.129. The second-order valence-corrected chi connectivity index (χ2v) is 9.71. The third kappa shape index (κ3) is 5.47. The third-order valence-electron chi connectivity index (χ3n) is 6.67. The number of piperazine rings is 1. The molecule has 1 heterocycles. The maximum absolute atomic E-state index is 13.3. The molecule has 170 valence electrons. The Balaban J connectivity index is 1.34. The van der Waals surface area contributed by atoms with Gasteiger partial charge < -0.3 is 14.7 Å². The minimum absolute atomic E-state index is 0.0638. The molecule has 1 saturated carbocycles. The Morgan fingerprint density at radius 3 is 2.28 bits per heavy atom. The summed E-state index contributed by atoms with van der Waals surface area (Å²) >= 11 is 1.49. The molecule has 2 aromatic rings. The van der Waals surface area contributed by atoms with Gasteiger partial charge in [0.05, 0.1) is 11.3 Å². The van der Waals surface area contributed by atoms with Gasteiger partial charge in [-0.15, -0.1) is 11.8 Å². The number of benzene rings is 2. The number of hydrogen-bond acceptors (Lipinski definition) is 4. The first-order valence-corrected chi connectivity index (χ1v) is 12.7. The van der Waals surface area contributed by atoms with Crippen LogP contribution in [0.15, 0.2) is 59.5 Å². The third-order valence-corrected chi connectivity index (χ3v) is 7.73. The van der Waals surface area contributed by atoms with Crippen LogP contribution in [0.4, 0.5) is 5.69 Å². The second-order valence-electron chi connectivity index (χ2n) is 8.70. The summed E-state index contributed by atoms with van der Waals surface area (Å²) < 4.78 is 0. The van der Waals surface area contributed by atoms with Crippen molar-refractivity contribution in [3.8, 4) is 0 Å². The summed E-state index contributed by atoms with van der Waals surface area (Å²) in [5.74, 6) is 0.591. The summed E-state index contributed by atoms with van der Waals surface area (Å²) in [5, 5.41) is 0. The van der Waals surface area contributed by atoms with E-state index in [4.69, 9.17) is 0 Å². The number of nitrogens with zero attached hydrogens (tertiary/aromatic N) is 3. The molecule has 6 heteroatoms. The number of anilines is 1. The highest BCUT2D eigenvalue weighted by Gasteiger charge is 2.25. The molecule has 0 bridgehead atoms. The standard InChI is InChI=1S/C26H33N3O2S/c1-27(21-10-4-2-5-11-21)25(30)20-32-24-15-9-8-14-23(24)26(31)29-18-16-28(17-19-29)22-12-6-3-7-13-22/h3,6-9,12-15,21H,2,4-5,10-11,16-20H2,1H3. The van der Waals surface area contributed by atoms with Crippen molar-refractivity contribution in [2.45, 2.75) is 43.0 Å². The molecule has 5 nitrogen and oxygen atoms in total. The van der Waals surface area contributed by atoms with E-state index in [-0.39, 0.29) is 11.8 Å². The molecule has 0 radical (unpaired) electrons. The van der Waals surface area contributed by atoms with Crippen LogP contribution in [0.2, 0.25) is 0 Å². The highest BCUT2D eigenvalue weighted by atomic mass is 32.2. The normalized spacial score (nSPS) is 17.3. The van der Waals surface area contributed by atoms with Crippen LogP contribution in [0.3, 0.4) is 0 Å². The van der Waals surface area contributed by atoms with Gasteiger partial charge in [0.1, 0.15) is 0 Å². The molecular weight excluding hydrogens is 418 g/mol. The SMILES string of the molecule is CN(C(=O)CSc1ccccc1C(=O)N1CCN(c2ccccc2)CC1)C1CCCCC1. The van der Waals surface area contributed by atoms with Crippen molar-refractivity contribution in [1.82, 2.24) is 9.80 Å². The first-order valence-electron chi connectivity index (χ1n) is 11.7. The lowest BCUT2D eigenvalue weighted by Crippen LogP contribution is -2.48. The molecule has 2 aromatic carbocycles. The maximum Gasteiger partial charge on any atom is 0.255 e. The number of hydrogen-bond donors (Lipinski definition) is 0. The van der Waals surface area contributed by atoms with E-state index >= 15 is 0 Å². The minimum atomic E-state index is 0.0638. The summed E-state index contributed by atoms with van der Waals surface area (Å²) in [6.07, 6.45) is 5.92. The molecule has 4 rings (SSSR count). The van der Waals surface area contributed by atoms with Gasteiger partial charge in [-0.25, -0.2) is 0 Å². The van der Waals surface area contributed by atoms with Crippen LogP contribution in [0, 0.1) is 0 Å². The van der Waals surface area contributed by atoms with E-state index in [9.17, 15) is 9.59 Å². The Labute approximate surface area is 195 Å². The number of rotatable bonds is 6. The monoisotopic (exact) mass is 451 g/mol. The average Bonchev–Trinajstić information content (AvgIpc) is 2.87. The minimum Gasteiger partial charge on any atom is -0.368 e. The molecule has 32 heavy (non-hydrogen) atoms. The van der Waals surface area contributed by atoms with Gasteiger partial charge in [0.2, 0.25) is 5.91 Å². The summed E-state index contributed by atoms with van der Waals surface area (Å²) in [5.41, 5.74) is 1.91. The fourth-order valence-electron chi connectivity index (χ4n) is 4.66. The van der Waals surface area contributed by atoms with Gasteiger partial charge in [0, 0.05) is 49.9 Å². The number of carbonyl (C=O) groups is 2. The fraction of sp³-hybridized carbons (Fsp3) is 0.462. The molecule has 1 saturated heterocycles. The van der Waals surface area contributed by atoms with Crippen molar-refractivity contribution in [3.05, 3.63) is 60.2 Å². The Morgan fingerprint density at radius 2 is 1.56 bits per heavy atom. The van der Waals surface area contributed by atoms with Gasteiger partial charge in [0.25, 0.3) is 5.91 Å². The molecule has 0 unspecified atom stereocenters. The van der Waals surface area contributed by atoms with E-state index in [1.165, 1.54) is 36.7 Å². The van der Waals surface area contributed by atoms with E-state index in [0.717, 1.165) is 30.8 Å². The first kappa shape index (κ1) is 22.7. The summed E-state index contributed by atoms with van der Waals surface area (Å²) in [4.78, 5) is 33.2. The van der Waals surface area contributed by atoms with Gasteiger partial charge in [0.15, 0.2) is 0 Å². The van der Waals surface area contributed by atoms with E-state index in [1.54, 1.807) is 0 Å².